The summed E-state index contributed by atoms with van der Waals surface area (Å²) in [6.07, 6.45) is 3.22. The lowest BCUT2D eigenvalue weighted by Crippen LogP contribution is -2.20. The Morgan fingerprint density at radius 1 is 1.09 bits per heavy atom. The molecule has 0 aliphatic heterocycles. The van der Waals surface area contributed by atoms with Gasteiger partial charge in [-0.3, -0.25) is 14.0 Å². The van der Waals surface area contributed by atoms with Crippen molar-refractivity contribution in [1.82, 2.24) is 29.1 Å². The van der Waals surface area contributed by atoms with E-state index in [-0.39, 0.29) is 11.7 Å². The summed E-state index contributed by atoms with van der Waals surface area (Å²) in [5, 5.41) is 11.7. The van der Waals surface area contributed by atoms with Crippen molar-refractivity contribution in [2.45, 2.75) is 40.3 Å². The van der Waals surface area contributed by atoms with Crippen LogP contribution in [0.25, 0.3) is 33.1 Å². The number of hydrogen-bond acceptors (Lipinski definition) is 5. The van der Waals surface area contributed by atoms with Gasteiger partial charge in [0.2, 0.25) is 0 Å². The lowest BCUT2D eigenvalue weighted by Gasteiger charge is -2.20. The summed E-state index contributed by atoms with van der Waals surface area (Å²) in [6.45, 7) is 8.63. The van der Waals surface area contributed by atoms with Crippen molar-refractivity contribution in [1.29, 1.82) is 0 Å². The van der Waals surface area contributed by atoms with E-state index in [1.54, 1.807) is 28.6 Å². The van der Waals surface area contributed by atoms with Gasteiger partial charge in [0.05, 0.1) is 12.4 Å². The number of ether oxygens (including phenoxy) is 1. The highest BCUT2D eigenvalue weighted by atomic mass is 35.5. The zero-order valence-corrected chi connectivity index (χ0v) is 21.4. The van der Waals surface area contributed by atoms with Gasteiger partial charge in [0, 0.05) is 53.6 Å². The molecule has 0 saturated carbocycles. The number of fused-ring (bicyclic) bond motifs is 3. The van der Waals surface area contributed by atoms with Crippen molar-refractivity contribution in [3.05, 3.63) is 69.0 Å². The fourth-order valence-electron chi connectivity index (χ4n) is 4.72. The van der Waals surface area contributed by atoms with Crippen molar-refractivity contribution in [2.24, 2.45) is 14.1 Å². The number of nitrogens with zero attached hydrogens (tertiary/aromatic N) is 6. The van der Waals surface area contributed by atoms with Gasteiger partial charge in [-0.15, -0.1) is 0 Å². The Morgan fingerprint density at radius 2 is 1.86 bits per heavy atom. The molecule has 4 aromatic heterocycles. The van der Waals surface area contributed by atoms with Gasteiger partial charge in [0.25, 0.3) is 5.56 Å². The van der Waals surface area contributed by atoms with Crippen molar-refractivity contribution in [3.63, 3.8) is 0 Å². The predicted molar refractivity (Wildman–Crippen MR) is 138 cm³/mol. The van der Waals surface area contributed by atoms with Crippen LogP contribution in [0.1, 0.15) is 36.8 Å². The third-order valence-electron chi connectivity index (χ3n) is 6.60. The molecule has 5 aromatic rings. The van der Waals surface area contributed by atoms with Gasteiger partial charge in [0.15, 0.2) is 0 Å². The van der Waals surface area contributed by atoms with E-state index in [2.05, 4.69) is 21.2 Å². The molecule has 0 radical (unpaired) electrons. The monoisotopic (exact) mass is 490 g/mol. The van der Waals surface area contributed by atoms with Crippen LogP contribution in [-0.2, 0) is 20.6 Å². The quantitative estimate of drug-likeness (QED) is 0.320. The topological polar surface area (TPSA) is 79.8 Å². The van der Waals surface area contributed by atoms with Gasteiger partial charge in [-0.25, -0.2) is 9.67 Å². The minimum Gasteiger partial charge on any atom is -0.484 e. The summed E-state index contributed by atoms with van der Waals surface area (Å²) in [5.41, 5.74) is 5.08. The molecule has 1 unspecified atom stereocenters. The molecule has 8 nitrogen and oxygen atoms in total. The van der Waals surface area contributed by atoms with E-state index in [1.807, 2.05) is 57.8 Å². The maximum absolute atomic E-state index is 13.4. The molecular formula is C26H27ClN6O2. The molecule has 0 bridgehead atoms. The smallest absolute Gasteiger partial charge is 0.259 e. The lowest BCUT2D eigenvalue weighted by atomic mass is 9.97. The van der Waals surface area contributed by atoms with Gasteiger partial charge in [0.1, 0.15) is 28.3 Å². The largest absolute Gasteiger partial charge is 0.484 e. The second-order valence-electron chi connectivity index (χ2n) is 8.85. The fourth-order valence-corrected chi connectivity index (χ4v) is 4.86. The molecule has 4 heterocycles. The number of pyridine rings is 2. The Hall–Kier alpha value is -3.65. The van der Waals surface area contributed by atoms with Crippen LogP contribution in [0.2, 0.25) is 5.15 Å². The highest BCUT2D eigenvalue weighted by Gasteiger charge is 2.22. The van der Waals surface area contributed by atoms with Crippen LogP contribution in [0.5, 0.6) is 5.75 Å². The van der Waals surface area contributed by atoms with Gasteiger partial charge < -0.3 is 4.74 Å². The number of benzene rings is 1. The molecule has 0 fully saturated rings. The lowest BCUT2D eigenvalue weighted by molar-refractivity contribution is 0.229. The SMILES string of the molecule is CCn1ncc2c3c(C(C)Oc4ccc(Cl)nc4-c4cnn(C)c4C)cc(C)cc3c(=O)n(C)c21. The molecule has 35 heavy (non-hydrogen) atoms. The summed E-state index contributed by atoms with van der Waals surface area (Å²) >= 11 is 6.25. The summed E-state index contributed by atoms with van der Waals surface area (Å²) < 4.78 is 11.8. The Bertz CT molecular complexity index is 1660. The van der Waals surface area contributed by atoms with Crippen molar-refractivity contribution < 1.29 is 4.74 Å². The highest BCUT2D eigenvalue weighted by Crippen LogP contribution is 2.37. The predicted octanol–water partition coefficient (Wildman–Crippen LogP) is 5.11. The molecule has 0 aliphatic rings. The molecular weight excluding hydrogens is 464 g/mol. The minimum atomic E-state index is -0.378. The minimum absolute atomic E-state index is 0.0558. The van der Waals surface area contributed by atoms with Crippen LogP contribution in [-0.4, -0.2) is 29.1 Å². The number of hydrogen-bond donors (Lipinski definition) is 0. The van der Waals surface area contributed by atoms with E-state index in [1.165, 1.54) is 0 Å². The third kappa shape index (κ3) is 3.69. The van der Waals surface area contributed by atoms with Gasteiger partial charge in [-0.1, -0.05) is 17.7 Å². The molecule has 0 N–H and O–H groups in total. The molecule has 1 atom stereocenters. The standard InChI is InChI=1S/C26H27ClN6O2/c1-7-33-25-20(13-29-33)23-17(10-14(2)11-18(23)26(34)31(25)5)16(4)35-21-8-9-22(27)30-24(21)19-12-28-32(6)15(19)3/h8-13,16H,7H2,1-6H3. The zero-order chi connectivity index (χ0) is 25.0. The number of aryl methyl sites for hydroxylation is 4. The van der Waals surface area contributed by atoms with Crippen molar-refractivity contribution >= 4 is 33.4 Å². The zero-order valence-electron chi connectivity index (χ0n) is 20.6. The number of aromatic nitrogens is 6. The number of rotatable bonds is 5. The normalized spacial score (nSPS) is 12.5. The molecule has 180 valence electrons. The average Bonchev–Trinajstić information content (AvgIpc) is 3.41. The maximum Gasteiger partial charge on any atom is 0.259 e. The van der Waals surface area contributed by atoms with Crippen LogP contribution in [0.15, 0.2) is 41.5 Å². The van der Waals surface area contributed by atoms with Gasteiger partial charge in [-0.2, -0.15) is 10.2 Å². The van der Waals surface area contributed by atoms with Crippen molar-refractivity contribution in [3.8, 4) is 17.0 Å². The molecule has 9 heteroatoms. The van der Waals surface area contributed by atoms with Crippen LogP contribution < -0.4 is 10.3 Å². The molecule has 0 spiro atoms. The first-order valence-electron chi connectivity index (χ1n) is 11.5. The maximum atomic E-state index is 13.4. The Labute approximate surface area is 207 Å². The van der Waals surface area contributed by atoms with Gasteiger partial charge >= 0.3 is 0 Å². The summed E-state index contributed by atoms with van der Waals surface area (Å²) in [5.74, 6) is 0.594. The van der Waals surface area contributed by atoms with E-state index in [9.17, 15) is 4.79 Å². The fraction of sp³-hybridized carbons (Fsp3) is 0.308. The summed E-state index contributed by atoms with van der Waals surface area (Å²) in [4.78, 5) is 17.9. The van der Waals surface area contributed by atoms with Crippen LogP contribution in [0, 0.1) is 13.8 Å². The summed E-state index contributed by atoms with van der Waals surface area (Å²) in [6, 6.07) is 7.56. The van der Waals surface area contributed by atoms with Crippen molar-refractivity contribution in [2.75, 3.05) is 0 Å². The Balaban J connectivity index is 1.70. The average molecular weight is 491 g/mol. The summed E-state index contributed by atoms with van der Waals surface area (Å²) in [7, 11) is 3.68. The van der Waals surface area contributed by atoms with E-state index < -0.39 is 0 Å². The Kier molecular flexibility index (Phi) is 5.63. The van der Waals surface area contributed by atoms with E-state index in [0.717, 1.165) is 38.8 Å². The Morgan fingerprint density at radius 3 is 2.54 bits per heavy atom. The molecule has 0 amide bonds. The molecule has 1 aromatic carbocycles. The van der Waals surface area contributed by atoms with E-state index in [0.29, 0.717) is 28.5 Å². The molecule has 5 rings (SSSR count). The van der Waals surface area contributed by atoms with Crippen LogP contribution in [0.3, 0.4) is 0 Å². The van der Waals surface area contributed by atoms with E-state index >= 15 is 0 Å². The first-order valence-corrected chi connectivity index (χ1v) is 11.9. The second-order valence-corrected chi connectivity index (χ2v) is 9.23. The highest BCUT2D eigenvalue weighted by molar-refractivity contribution is 6.29. The molecule has 0 saturated heterocycles. The van der Waals surface area contributed by atoms with Crippen LogP contribution >= 0.6 is 11.6 Å². The first kappa shape index (κ1) is 23.1. The molecule has 0 aliphatic carbocycles. The first-order chi connectivity index (χ1) is 16.7. The van der Waals surface area contributed by atoms with Gasteiger partial charge in [-0.05, 0) is 51.5 Å². The second kappa shape index (κ2) is 8.53. The van der Waals surface area contributed by atoms with E-state index in [4.69, 9.17) is 16.3 Å². The number of halogens is 1. The van der Waals surface area contributed by atoms with Crippen LogP contribution in [0.4, 0.5) is 0 Å². The third-order valence-corrected chi connectivity index (χ3v) is 6.81.